The van der Waals surface area contributed by atoms with Gasteiger partial charge in [-0.3, -0.25) is 4.79 Å². The smallest absolute Gasteiger partial charge is 0.185 e. The van der Waals surface area contributed by atoms with Crippen LogP contribution >= 0.6 is 23.4 Å². The minimum atomic E-state index is 0.118. The molecule has 0 aliphatic rings. The molecule has 0 atom stereocenters. The number of carbonyl (C=O) groups is 1. The fourth-order valence-electron chi connectivity index (χ4n) is 1.05. The van der Waals surface area contributed by atoms with Gasteiger partial charge in [0.05, 0.1) is 0 Å². The highest BCUT2D eigenvalue weighted by Gasteiger charge is 1.96. The molecule has 2 N–H and O–H groups in total. The number of hydrogen-bond acceptors (Lipinski definition) is 3. The predicted octanol–water partition coefficient (Wildman–Crippen LogP) is 2.94. The number of hydrogen-bond donors (Lipinski definition) is 1. The summed E-state index contributed by atoms with van der Waals surface area (Å²) >= 11 is 7.05. The molecule has 4 heteroatoms. The third-order valence-corrected chi connectivity index (χ3v) is 2.82. The zero-order valence-corrected chi connectivity index (χ0v) is 10.5. The molecule has 0 aromatic heterocycles. The van der Waals surface area contributed by atoms with Crippen molar-refractivity contribution in [3.63, 3.8) is 0 Å². The molecule has 84 valence electrons. The van der Waals surface area contributed by atoms with E-state index < -0.39 is 0 Å². The summed E-state index contributed by atoms with van der Waals surface area (Å²) in [6.45, 7) is 1.55. The van der Waals surface area contributed by atoms with Gasteiger partial charge in [0.2, 0.25) is 0 Å². The Bertz CT molecular complexity index is 448. The summed E-state index contributed by atoms with van der Waals surface area (Å²) in [6, 6.07) is 5.23. The zero-order valence-electron chi connectivity index (χ0n) is 8.92. The lowest BCUT2D eigenvalue weighted by atomic mass is 10.2. The first-order valence-electron chi connectivity index (χ1n) is 4.77. The Morgan fingerprint density at radius 2 is 2.31 bits per heavy atom. The summed E-state index contributed by atoms with van der Waals surface area (Å²) in [6.07, 6.45) is 0.673. The molecule has 0 bridgehead atoms. The van der Waals surface area contributed by atoms with Crippen LogP contribution in [0.25, 0.3) is 0 Å². The maximum Gasteiger partial charge on any atom is 0.185 e. The first kappa shape index (κ1) is 13.0. The van der Waals surface area contributed by atoms with E-state index in [1.165, 1.54) is 11.8 Å². The van der Waals surface area contributed by atoms with E-state index in [0.717, 1.165) is 11.3 Å². The summed E-state index contributed by atoms with van der Waals surface area (Å²) in [7, 11) is 0. The van der Waals surface area contributed by atoms with E-state index in [1.807, 2.05) is 0 Å². The van der Waals surface area contributed by atoms with E-state index in [0.29, 0.717) is 17.1 Å². The Balaban J connectivity index is 2.53. The molecule has 0 saturated heterocycles. The molecule has 16 heavy (non-hydrogen) atoms. The minimum Gasteiger partial charge on any atom is -0.398 e. The number of nitrogens with two attached hydrogens (primary N) is 1. The van der Waals surface area contributed by atoms with Gasteiger partial charge in [0, 0.05) is 35.4 Å². The van der Waals surface area contributed by atoms with Gasteiger partial charge in [-0.15, -0.1) is 0 Å². The highest BCUT2D eigenvalue weighted by atomic mass is 35.5. The molecule has 0 aliphatic heterocycles. The number of halogens is 1. The van der Waals surface area contributed by atoms with Crippen molar-refractivity contribution in [2.75, 3.05) is 11.5 Å². The molecule has 1 aromatic rings. The van der Waals surface area contributed by atoms with Crippen LogP contribution in [0.4, 0.5) is 5.69 Å². The van der Waals surface area contributed by atoms with Gasteiger partial charge in [-0.05, 0) is 18.2 Å². The molecule has 1 aromatic carbocycles. The van der Waals surface area contributed by atoms with Crippen LogP contribution in [0.15, 0.2) is 18.2 Å². The Morgan fingerprint density at radius 1 is 1.56 bits per heavy atom. The molecule has 0 fully saturated rings. The number of benzene rings is 1. The van der Waals surface area contributed by atoms with Crippen molar-refractivity contribution in [2.24, 2.45) is 0 Å². The van der Waals surface area contributed by atoms with Crippen molar-refractivity contribution < 1.29 is 4.79 Å². The molecule has 2 nitrogen and oxygen atoms in total. The highest BCUT2D eigenvalue weighted by Crippen LogP contribution is 2.16. The largest absolute Gasteiger partial charge is 0.398 e. The number of anilines is 1. The monoisotopic (exact) mass is 253 g/mol. The van der Waals surface area contributed by atoms with Gasteiger partial charge in [-0.2, -0.15) is 0 Å². The lowest BCUT2D eigenvalue weighted by molar-refractivity contribution is -0.109. The van der Waals surface area contributed by atoms with Crippen LogP contribution in [-0.2, 0) is 4.79 Å². The molecular formula is C12H12ClNOS. The second-order valence-corrected chi connectivity index (χ2v) is 4.83. The number of thioether (sulfide) groups is 1. The van der Waals surface area contributed by atoms with Gasteiger partial charge < -0.3 is 5.73 Å². The summed E-state index contributed by atoms with van der Waals surface area (Å²) in [4.78, 5) is 10.6. The first-order valence-corrected chi connectivity index (χ1v) is 6.13. The number of rotatable bonds is 2. The standard InChI is InChI=1S/C12H12ClNOS/c1-9(15)16-7-3-2-4-10-5-6-11(13)8-12(10)14/h5-6,8H,3,7,14H2,1H3. The van der Waals surface area contributed by atoms with Gasteiger partial charge in [0.15, 0.2) is 5.12 Å². The Labute approximate surface area is 105 Å². The maximum absolute atomic E-state index is 10.6. The molecule has 0 heterocycles. The normalized spacial score (nSPS) is 9.38. The van der Waals surface area contributed by atoms with Gasteiger partial charge in [0.25, 0.3) is 0 Å². The van der Waals surface area contributed by atoms with E-state index >= 15 is 0 Å². The Morgan fingerprint density at radius 3 is 2.94 bits per heavy atom. The lowest BCUT2D eigenvalue weighted by Crippen LogP contribution is -1.89. The van der Waals surface area contributed by atoms with Gasteiger partial charge in [-0.25, -0.2) is 0 Å². The predicted molar refractivity (Wildman–Crippen MR) is 70.5 cm³/mol. The third-order valence-electron chi connectivity index (χ3n) is 1.77. The summed E-state index contributed by atoms with van der Waals surface area (Å²) in [5.41, 5.74) is 7.10. The Kier molecular flexibility index (Phi) is 5.24. The Hall–Kier alpha value is -1.11. The van der Waals surface area contributed by atoms with Gasteiger partial charge in [-0.1, -0.05) is 35.2 Å². The molecular weight excluding hydrogens is 242 g/mol. The molecule has 0 spiro atoms. The molecule has 1 rings (SSSR count). The quantitative estimate of drug-likeness (QED) is 0.501. The van der Waals surface area contributed by atoms with Crippen molar-refractivity contribution >= 4 is 34.2 Å². The first-order chi connectivity index (χ1) is 7.59. The van der Waals surface area contributed by atoms with E-state index in [4.69, 9.17) is 17.3 Å². The van der Waals surface area contributed by atoms with Crippen molar-refractivity contribution in [3.05, 3.63) is 28.8 Å². The van der Waals surface area contributed by atoms with E-state index in [2.05, 4.69) is 11.8 Å². The van der Waals surface area contributed by atoms with E-state index in [9.17, 15) is 4.79 Å². The van der Waals surface area contributed by atoms with Gasteiger partial charge >= 0.3 is 0 Å². The van der Waals surface area contributed by atoms with Crippen molar-refractivity contribution in [1.82, 2.24) is 0 Å². The second-order valence-electron chi connectivity index (χ2n) is 3.12. The van der Waals surface area contributed by atoms with E-state index in [-0.39, 0.29) is 5.12 Å². The summed E-state index contributed by atoms with van der Waals surface area (Å²) < 4.78 is 0. The summed E-state index contributed by atoms with van der Waals surface area (Å²) in [5, 5.41) is 0.725. The average Bonchev–Trinajstić information content (AvgIpc) is 2.20. The number of nitrogen functional groups attached to an aromatic ring is 1. The van der Waals surface area contributed by atoms with Crippen LogP contribution in [0.3, 0.4) is 0 Å². The van der Waals surface area contributed by atoms with E-state index in [1.54, 1.807) is 25.1 Å². The molecule has 0 aliphatic carbocycles. The maximum atomic E-state index is 10.6. The zero-order chi connectivity index (χ0) is 12.0. The van der Waals surface area contributed by atoms with Crippen LogP contribution in [0.2, 0.25) is 5.02 Å². The topological polar surface area (TPSA) is 43.1 Å². The highest BCUT2D eigenvalue weighted by molar-refractivity contribution is 8.13. The van der Waals surface area contributed by atoms with Crippen molar-refractivity contribution in [1.29, 1.82) is 0 Å². The van der Waals surface area contributed by atoms with Crippen LogP contribution in [0.5, 0.6) is 0 Å². The summed E-state index contributed by atoms with van der Waals surface area (Å²) in [5.74, 6) is 6.64. The van der Waals surface area contributed by atoms with Crippen molar-refractivity contribution in [3.8, 4) is 11.8 Å². The third kappa shape index (κ3) is 4.61. The van der Waals surface area contributed by atoms with Crippen LogP contribution in [0, 0.1) is 11.8 Å². The van der Waals surface area contributed by atoms with Crippen molar-refractivity contribution in [2.45, 2.75) is 13.3 Å². The van der Waals surface area contributed by atoms with Gasteiger partial charge in [0.1, 0.15) is 0 Å². The number of carbonyl (C=O) groups excluding carboxylic acids is 1. The fourth-order valence-corrected chi connectivity index (χ4v) is 1.72. The fraction of sp³-hybridized carbons (Fsp3) is 0.250. The average molecular weight is 254 g/mol. The second kappa shape index (κ2) is 6.47. The lowest BCUT2D eigenvalue weighted by Gasteiger charge is -1.97. The van der Waals surface area contributed by atoms with Crippen LogP contribution in [0.1, 0.15) is 18.9 Å². The minimum absolute atomic E-state index is 0.118. The molecule has 0 radical (unpaired) electrons. The van der Waals surface area contributed by atoms with Crippen LogP contribution in [-0.4, -0.2) is 10.9 Å². The molecule has 0 unspecified atom stereocenters. The SMILES string of the molecule is CC(=O)SCCC#Cc1ccc(Cl)cc1N. The van der Waals surface area contributed by atoms with Crippen LogP contribution < -0.4 is 5.73 Å². The molecule has 0 amide bonds. The molecule has 0 saturated carbocycles.